The molecule has 0 saturated heterocycles. The quantitative estimate of drug-likeness (QED) is 0.297. The topological polar surface area (TPSA) is 85.6 Å². The Kier molecular flexibility index (Phi) is 6.84. The second-order valence-electron chi connectivity index (χ2n) is 8.08. The Bertz CT molecular complexity index is 1230. The van der Waals surface area contributed by atoms with Gasteiger partial charge in [0.25, 0.3) is 5.91 Å². The van der Waals surface area contributed by atoms with Crippen LogP contribution in [-0.4, -0.2) is 30.9 Å². The highest BCUT2D eigenvalue weighted by Gasteiger charge is 2.21. The number of aromatic nitrogens is 5. The number of anilines is 1. The van der Waals surface area contributed by atoms with Crippen LogP contribution in [0.15, 0.2) is 65.8 Å². The molecule has 0 bridgehead atoms. The summed E-state index contributed by atoms with van der Waals surface area (Å²) < 4.78 is 1.70. The van der Waals surface area contributed by atoms with Gasteiger partial charge in [0.05, 0.1) is 11.4 Å². The Morgan fingerprint density at radius 3 is 2.30 bits per heavy atom. The van der Waals surface area contributed by atoms with Crippen LogP contribution < -0.4 is 5.32 Å². The van der Waals surface area contributed by atoms with Crippen LogP contribution in [-0.2, 0) is 5.75 Å². The lowest BCUT2D eigenvalue weighted by atomic mass is 10.0. The molecule has 0 fully saturated rings. The van der Waals surface area contributed by atoms with Gasteiger partial charge in [0.15, 0.2) is 10.9 Å². The molecule has 0 aliphatic heterocycles. The third-order valence-corrected chi connectivity index (χ3v) is 5.97. The number of carbonyl (C=O) groups excluding carboxylic acids is 1. The third kappa shape index (κ3) is 5.46. The first kappa shape index (κ1) is 22.7. The van der Waals surface area contributed by atoms with Crippen molar-refractivity contribution in [3.8, 4) is 5.69 Å². The first-order valence-corrected chi connectivity index (χ1v) is 11.8. The summed E-state index contributed by atoms with van der Waals surface area (Å²) in [5.41, 5.74) is 5.55. The first-order chi connectivity index (χ1) is 15.9. The number of nitrogens with zero attached hydrogens (tertiary/aromatic N) is 5. The van der Waals surface area contributed by atoms with E-state index in [2.05, 4.69) is 39.4 Å². The summed E-state index contributed by atoms with van der Waals surface area (Å²) in [5.74, 6) is 0.572. The van der Waals surface area contributed by atoms with Gasteiger partial charge in [0.2, 0.25) is 0 Å². The van der Waals surface area contributed by atoms with Gasteiger partial charge in [-0.1, -0.05) is 61.2 Å². The van der Waals surface area contributed by atoms with Crippen molar-refractivity contribution in [2.75, 3.05) is 5.32 Å². The van der Waals surface area contributed by atoms with E-state index in [1.54, 1.807) is 4.68 Å². The highest BCUT2D eigenvalue weighted by molar-refractivity contribution is 7.98. The number of hydrogen-bond donors (Lipinski definition) is 1. The molecule has 0 atom stereocenters. The average molecular weight is 459 g/mol. The number of para-hydroxylation sites is 1. The highest BCUT2D eigenvalue weighted by Crippen LogP contribution is 2.24. The molecule has 1 amide bonds. The molecule has 2 heterocycles. The fraction of sp³-hybridized carbons (Fsp3) is 0.240. The summed E-state index contributed by atoms with van der Waals surface area (Å²) in [6, 6.07) is 19.5. The van der Waals surface area contributed by atoms with Crippen LogP contribution in [0.3, 0.4) is 0 Å². The van der Waals surface area contributed by atoms with Crippen molar-refractivity contribution in [2.45, 2.75) is 44.5 Å². The fourth-order valence-electron chi connectivity index (χ4n) is 3.42. The second kappa shape index (κ2) is 9.95. The minimum absolute atomic E-state index is 0.281. The predicted molar refractivity (Wildman–Crippen MR) is 131 cm³/mol. The van der Waals surface area contributed by atoms with Gasteiger partial charge >= 0.3 is 0 Å². The molecule has 4 rings (SSSR count). The summed E-state index contributed by atoms with van der Waals surface area (Å²) in [6.07, 6.45) is 0. The maximum Gasteiger partial charge on any atom is 0.278 e. The molecule has 0 spiro atoms. The van der Waals surface area contributed by atoms with Gasteiger partial charge in [-0.3, -0.25) is 4.79 Å². The normalized spacial score (nSPS) is 11.1. The van der Waals surface area contributed by atoms with E-state index in [4.69, 9.17) is 0 Å². The molecule has 8 heteroatoms. The Labute approximate surface area is 197 Å². The van der Waals surface area contributed by atoms with E-state index in [0.717, 1.165) is 22.8 Å². The fourth-order valence-corrected chi connectivity index (χ4v) is 4.36. The van der Waals surface area contributed by atoms with E-state index in [0.29, 0.717) is 22.5 Å². The summed E-state index contributed by atoms with van der Waals surface area (Å²) in [7, 11) is 0. The number of carbonyl (C=O) groups is 1. The molecule has 0 aliphatic rings. The number of hydrogen-bond acceptors (Lipinski definition) is 6. The molecule has 7 nitrogen and oxygen atoms in total. The molecule has 168 valence electrons. The number of amides is 1. The van der Waals surface area contributed by atoms with Crippen molar-refractivity contribution in [3.63, 3.8) is 0 Å². The van der Waals surface area contributed by atoms with E-state index in [1.807, 2.05) is 74.5 Å². The molecule has 0 saturated carbocycles. The number of aryl methyl sites for hydroxylation is 2. The summed E-state index contributed by atoms with van der Waals surface area (Å²) >= 11 is 1.46. The maximum absolute atomic E-state index is 13.2. The summed E-state index contributed by atoms with van der Waals surface area (Å²) in [6.45, 7) is 8.16. The molecule has 33 heavy (non-hydrogen) atoms. The molecule has 0 unspecified atom stereocenters. The SMILES string of the molecule is Cc1cc(C)nc(SCc2c(C(=O)Nc3ccc(C(C)C)cc3)nnn2-c2ccccc2)n1. The van der Waals surface area contributed by atoms with Crippen LogP contribution >= 0.6 is 11.8 Å². The van der Waals surface area contributed by atoms with Gasteiger partial charge in [-0.25, -0.2) is 14.6 Å². The van der Waals surface area contributed by atoms with Gasteiger partial charge < -0.3 is 5.32 Å². The maximum atomic E-state index is 13.2. The molecule has 0 aliphatic carbocycles. The van der Waals surface area contributed by atoms with E-state index in [1.165, 1.54) is 17.3 Å². The van der Waals surface area contributed by atoms with Crippen molar-refractivity contribution >= 4 is 23.4 Å². The lowest BCUT2D eigenvalue weighted by Crippen LogP contribution is -2.15. The minimum atomic E-state index is -0.300. The molecule has 4 aromatic rings. The van der Waals surface area contributed by atoms with Crippen molar-refractivity contribution in [1.29, 1.82) is 0 Å². The Hall–Kier alpha value is -3.52. The van der Waals surface area contributed by atoms with Gasteiger partial charge in [0.1, 0.15) is 0 Å². The number of rotatable bonds is 7. The van der Waals surface area contributed by atoms with Crippen molar-refractivity contribution in [1.82, 2.24) is 25.0 Å². The van der Waals surface area contributed by atoms with Gasteiger partial charge in [-0.2, -0.15) is 0 Å². The third-order valence-electron chi connectivity index (χ3n) is 5.11. The molecule has 2 aromatic heterocycles. The summed E-state index contributed by atoms with van der Waals surface area (Å²) in [4.78, 5) is 22.2. The van der Waals surface area contributed by atoms with Crippen molar-refractivity contribution < 1.29 is 4.79 Å². The number of thioether (sulfide) groups is 1. The Morgan fingerprint density at radius 1 is 1.00 bits per heavy atom. The summed E-state index contributed by atoms with van der Waals surface area (Å²) in [5, 5.41) is 12.1. The van der Waals surface area contributed by atoms with Gasteiger partial charge in [0, 0.05) is 22.8 Å². The molecule has 0 radical (unpaired) electrons. The highest BCUT2D eigenvalue weighted by atomic mass is 32.2. The largest absolute Gasteiger partial charge is 0.321 e. The minimum Gasteiger partial charge on any atom is -0.321 e. The average Bonchev–Trinajstić information content (AvgIpc) is 3.22. The van der Waals surface area contributed by atoms with Crippen LogP contribution in [0.2, 0.25) is 0 Å². The molecule has 2 aromatic carbocycles. The van der Waals surface area contributed by atoms with E-state index >= 15 is 0 Å². The Balaban J connectivity index is 1.62. The monoisotopic (exact) mass is 458 g/mol. The second-order valence-corrected chi connectivity index (χ2v) is 9.03. The number of benzene rings is 2. The predicted octanol–water partition coefficient (Wildman–Crippen LogP) is 5.34. The lowest BCUT2D eigenvalue weighted by Gasteiger charge is -2.10. The zero-order chi connectivity index (χ0) is 23.4. The van der Waals surface area contributed by atoms with E-state index in [9.17, 15) is 4.79 Å². The van der Waals surface area contributed by atoms with Crippen LogP contribution in [0.25, 0.3) is 5.69 Å². The van der Waals surface area contributed by atoms with Gasteiger partial charge in [-0.05, 0) is 55.7 Å². The van der Waals surface area contributed by atoms with Crippen LogP contribution in [0.1, 0.15) is 52.9 Å². The van der Waals surface area contributed by atoms with Crippen LogP contribution in [0.4, 0.5) is 5.69 Å². The zero-order valence-corrected chi connectivity index (χ0v) is 19.9. The van der Waals surface area contributed by atoms with Crippen molar-refractivity contribution in [3.05, 3.63) is 89.0 Å². The first-order valence-electron chi connectivity index (χ1n) is 10.8. The molecular formula is C25H26N6OS. The molecular weight excluding hydrogens is 432 g/mol. The van der Waals surface area contributed by atoms with Crippen molar-refractivity contribution in [2.24, 2.45) is 0 Å². The van der Waals surface area contributed by atoms with Crippen LogP contribution in [0.5, 0.6) is 0 Å². The van der Waals surface area contributed by atoms with Crippen LogP contribution in [0, 0.1) is 13.8 Å². The Morgan fingerprint density at radius 2 is 1.67 bits per heavy atom. The smallest absolute Gasteiger partial charge is 0.278 e. The standard InChI is InChI=1S/C25H26N6OS/c1-16(2)19-10-12-20(13-11-19)28-24(32)23-22(15-33-25-26-17(3)14-18(4)27-25)31(30-29-23)21-8-6-5-7-9-21/h5-14,16H,15H2,1-4H3,(H,28,32). The lowest BCUT2D eigenvalue weighted by molar-refractivity contribution is 0.102. The zero-order valence-electron chi connectivity index (χ0n) is 19.1. The van der Waals surface area contributed by atoms with E-state index in [-0.39, 0.29) is 11.6 Å². The van der Waals surface area contributed by atoms with Gasteiger partial charge in [-0.15, -0.1) is 5.10 Å². The molecule has 1 N–H and O–H groups in total. The van der Waals surface area contributed by atoms with E-state index < -0.39 is 0 Å². The number of nitrogens with one attached hydrogen (secondary N) is 1.